The minimum Gasteiger partial charge on any atom is -0.365 e. The van der Waals surface area contributed by atoms with Crippen LogP contribution in [0.2, 0.25) is 0 Å². The van der Waals surface area contributed by atoms with Crippen LogP contribution in [0.3, 0.4) is 0 Å². The highest BCUT2D eigenvalue weighted by Crippen LogP contribution is 2.38. The summed E-state index contributed by atoms with van der Waals surface area (Å²) in [5.41, 5.74) is 5.94. The Hall–Kier alpha value is -1.95. The van der Waals surface area contributed by atoms with Crippen molar-refractivity contribution >= 4 is 16.9 Å². The molecule has 1 aromatic carbocycles. The van der Waals surface area contributed by atoms with E-state index in [1.807, 2.05) is 0 Å². The average Bonchev–Trinajstić information content (AvgIpc) is 3.04. The van der Waals surface area contributed by atoms with E-state index in [0.717, 1.165) is 38.2 Å². The van der Waals surface area contributed by atoms with E-state index in [1.165, 1.54) is 6.07 Å². The Bertz CT molecular complexity index is 726. The third-order valence-corrected chi connectivity index (χ3v) is 4.64. The van der Waals surface area contributed by atoms with Gasteiger partial charge in [-0.1, -0.05) is 6.92 Å². The van der Waals surface area contributed by atoms with Crippen LogP contribution in [-0.2, 0) is 5.54 Å². The van der Waals surface area contributed by atoms with Gasteiger partial charge in [-0.15, -0.1) is 0 Å². The van der Waals surface area contributed by atoms with Crippen LogP contribution in [-0.4, -0.2) is 33.9 Å². The zero-order valence-electron chi connectivity index (χ0n) is 12.9. The van der Waals surface area contributed by atoms with Gasteiger partial charge in [0, 0.05) is 0 Å². The molecule has 2 aromatic rings. The summed E-state index contributed by atoms with van der Waals surface area (Å²) in [6.07, 6.45) is 3.16. The largest absolute Gasteiger partial charge is 0.365 e. The van der Waals surface area contributed by atoms with Crippen LogP contribution in [0.15, 0.2) is 12.1 Å². The van der Waals surface area contributed by atoms with Gasteiger partial charge in [0.25, 0.3) is 5.91 Å². The molecule has 118 valence electrons. The van der Waals surface area contributed by atoms with Crippen LogP contribution in [0.4, 0.5) is 4.39 Å². The topological polar surface area (TPSA) is 75.0 Å². The van der Waals surface area contributed by atoms with Gasteiger partial charge >= 0.3 is 0 Å². The Morgan fingerprint density at radius 3 is 3.00 bits per heavy atom. The number of fused-ring (bicyclic) bond motifs is 1. The van der Waals surface area contributed by atoms with Gasteiger partial charge in [-0.2, -0.15) is 0 Å². The molecular weight excluding hydrogens is 283 g/mol. The number of H-pyrrole nitrogens is 1. The highest BCUT2D eigenvalue weighted by Gasteiger charge is 2.40. The van der Waals surface area contributed by atoms with Crippen LogP contribution in [0.5, 0.6) is 0 Å². The van der Waals surface area contributed by atoms with Gasteiger partial charge in [-0.25, -0.2) is 9.37 Å². The Labute approximate surface area is 128 Å². The first-order valence-electron chi connectivity index (χ1n) is 7.71. The third kappa shape index (κ3) is 2.18. The number of hydrogen-bond donors (Lipinski definition) is 2. The first kappa shape index (κ1) is 15.0. The van der Waals surface area contributed by atoms with Crippen molar-refractivity contribution in [2.75, 3.05) is 13.1 Å². The van der Waals surface area contributed by atoms with Crippen molar-refractivity contribution in [3.8, 4) is 0 Å². The second kappa shape index (κ2) is 5.35. The average molecular weight is 304 g/mol. The highest BCUT2D eigenvalue weighted by atomic mass is 19.1. The fraction of sp³-hybridized carbons (Fsp3) is 0.500. The first-order valence-corrected chi connectivity index (χ1v) is 7.71. The van der Waals surface area contributed by atoms with Crippen molar-refractivity contribution in [2.45, 2.75) is 38.6 Å². The summed E-state index contributed by atoms with van der Waals surface area (Å²) in [6, 6.07) is 2.86. The van der Waals surface area contributed by atoms with Crippen LogP contribution in [0, 0.1) is 5.82 Å². The summed E-state index contributed by atoms with van der Waals surface area (Å²) in [4.78, 5) is 21.7. The van der Waals surface area contributed by atoms with E-state index in [2.05, 4.69) is 28.7 Å². The van der Waals surface area contributed by atoms with Gasteiger partial charge in [0.05, 0.1) is 11.1 Å². The Balaban J connectivity index is 2.13. The van der Waals surface area contributed by atoms with Crippen LogP contribution in [0.1, 0.15) is 49.3 Å². The smallest absolute Gasteiger partial charge is 0.253 e. The van der Waals surface area contributed by atoms with E-state index >= 15 is 0 Å². The lowest BCUT2D eigenvalue weighted by molar-refractivity contribution is 0.0998. The molecule has 1 aromatic heterocycles. The molecule has 3 N–H and O–H groups in total. The monoisotopic (exact) mass is 304 g/mol. The molecule has 1 aliphatic rings. The number of nitrogens with two attached hydrogens (primary N) is 1. The number of aromatic amines is 1. The van der Waals surface area contributed by atoms with Crippen molar-refractivity contribution in [3.63, 3.8) is 0 Å². The van der Waals surface area contributed by atoms with Crippen molar-refractivity contribution in [1.82, 2.24) is 14.9 Å². The minimum atomic E-state index is -0.789. The SMILES string of the molecule is CCCN1CCC[C@@]1(C)c1nc2c(C(N)=O)c(F)ccc2[nH]1. The van der Waals surface area contributed by atoms with E-state index in [0.29, 0.717) is 11.0 Å². The molecule has 1 fully saturated rings. The lowest BCUT2D eigenvalue weighted by Crippen LogP contribution is -2.39. The zero-order valence-corrected chi connectivity index (χ0v) is 12.9. The quantitative estimate of drug-likeness (QED) is 0.911. The predicted molar refractivity (Wildman–Crippen MR) is 83.0 cm³/mol. The molecule has 0 bridgehead atoms. The first-order chi connectivity index (χ1) is 10.5. The maximum atomic E-state index is 13.9. The Morgan fingerprint density at radius 1 is 1.55 bits per heavy atom. The normalized spacial score (nSPS) is 22.5. The molecule has 1 atom stereocenters. The number of halogens is 1. The third-order valence-electron chi connectivity index (χ3n) is 4.64. The molecule has 0 saturated carbocycles. The fourth-order valence-corrected chi connectivity index (χ4v) is 3.46. The van der Waals surface area contributed by atoms with E-state index in [4.69, 9.17) is 5.73 Å². The van der Waals surface area contributed by atoms with E-state index in [-0.39, 0.29) is 11.1 Å². The van der Waals surface area contributed by atoms with Crippen LogP contribution >= 0.6 is 0 Å². The number of amides is 1. The van der Waals surface area contributed by atoms with E-state index in [1.54, 1.807) is 6.07 Å². The van der Waals surface area contributed by atoms with Crippen molar-refractivity contribution < 1.29 is 9.18 Å². The molecule has 0 radical (unpaired) electrons. The van der Waals surface area contributed by atoms with E-state index < -0.39 is 11.7 Å². The number of nitrogens with one attached hydrogen (secondary N) is 1. The number of primary amides is 1. The molecule has 6 heteroatoms. The molecule has 5 nitrogen and oxygen atoms in total. The number of aromatic nitrogens is 2. The summed E-state index contributed by atoms with van der Waals surface area (Å²) in [5, 5.41) is 0. The molecule has 1 amide bonds. The summed E-state index contributed by atoms with van der Waals surface area (Å²) in [6.45, 7) is 6.31. The molecular formula is C16H21FN4O. The minimum absolute atomic E-state index is 0.136. The van der Waals surface area contributed by atoms with Crippen molar-refractivity contribution in [3.05, 3.63) is 29.3 Å². The highest BCUT2D eigenvalue weighted by molar-refractivity contribution is 6.04. The number of carbonyl (C=O) groups is 1. The van der Waals surface area contributed by atoms with Gasteiger partial charge < -0.3 is 10.7 Å². The second-order valence-corrected chi connectivity index (χ2v) is 6.13. The van der Waals surface area contributed by atoms with E-state index in [9.17, 15) is 9.18 Å². The standard InChI is InChI=1S/C16H21FN4O/c1-3-8-21-9-4-7-16(21,2)15-19-11-6-5-10(17)12(14(18)22)13(11)20-15/h5-6H,3-4,7-9H2,1-2H3,(H2,18,22)(H,19,20)/t16-/m0/s1. The second-order valence-electron chi connectivity index (χ2n) is 6.13. The summed E-state index contributed by atoms with van der Waals surface area (Å²) in [7, 11) is 0. The number of benzene rings is 1. The Kier molecular flexibility index (Phi) is 3.64. The van der Waals surface area contributed by atoms with Gasteiger partial charge in [0.1, 0.15) is 22.7 Å². The molecule has 0 unspecified atom stereocenters. The van der Waals surface area contributed by atoms with Gasteiger partial charge in [0.2, 0.25) is 0 Å². The fourth-order valence-electron chi connectivity index (χ4n) is 3.46. The van der Waals surface area contributed by atoms with Gasteiger partial charge in [0.15, 0.2) is 0 Å². The summed E-state index contributed by atoms with van der Waals surface area (Å²) in [5.74, 6) is -0.635. The molecule has 0 aliphatic carbocycles. The molecule has 3 rings (SSSR count). The summed E-state index contributed by atoms with van der Waals surface area (Å²) >= 11 is 0. The maximum absolute atomic E-state index is 13.9. The lowest BCUT2D eigenvalue weighted by Gasteiger charge is -2.33. The number of rotatable bonds is 4. The molecule has 1 aliphatic heterocycles. The number of imidazole rings is 1. The van der Waals surface area contributed by atoms with Gasteiger partial charge in [-0.05, 0) is 51.4 Å². The molecule has 0 spiro atoms. The number of hydrogen-bond acceptors (Lipinski definition) is 3. The number of likely N-dealkylation sites (tertiary alicyclic amines) is 1. The van der Waals surface area contributed by atoms with Gasteiger partial charge in [-0.3, -0.25) is 9.69 Å². The number of carbonyl (C=O) groups excluding carboxylic acids is 1. The molecule has 2 heterocycles. The number of nitrogens with zero attached hydrogens (tertiary/aromatic N) is 2. The van der Waals surface area contributed by atoms with Crippen LogP contribution < -0.4 is 5.73 Å². The molecule has 1 saturated heterocycles. The maximum Gasteiger partial charge on any atom is 0.253 e. The lowest BCUT2D eigenvalue weighted by atomic mass is 9.98. The zero-order chi connectivity index (χ0) is 15.9. The van der Waals surface area contributed by atoms with Crippen LogP contribution in [0.25, 0.3) is 11.0 Å². The van der Waals surface area contributed by atoms with Crippen molar-refractivity contribution in [2.24, 2.45) is 5.73 Å². The predicted octanol–water partition coefficient (Wildman–Crippen LogP) is 2.52. The Morgan fingerprint density at radius 2 is 2.32 bits per heavy atom. The van der Waals surface area contributed by atoms with Crippen molar-refractivity contribution in [1.29, 1.82) is 0 Å². The molecule has 22 heavy (non-hydrogen) atoms. The summed E-state index contributed by atoms with van der Waals surface area (Å²) < 4.78 is 13.9.